The monoisotopic (exact) mass is 443 g/mol. The average molecular weight is 443 g/mol. The Labute approximate surface area is 182 Å². The largest absolute Gasteiger partial charge is 0.465 e. The Morgan fingerprint density at radius 2 is 1.97 bits per heavy atom. The molecular weight excluding hydrogens is 422 g/mol. The highest BCUT2D eigenvalue weighted by Crippen LogP contribution is 2.20. The van der Waals surface area contributed by atoms with Gasteiger partial charge in [-0.1, -0.05) is 23.9 Å². The summed E-state index contributed by atoms with van der Waals surface area (Å²) in [5, 5.41) is 14.2. The molecule has 3 rings (SSSR count). The van der Waals surface area contributed by atoms with Crippen LogP contribution in [0.1, 0.15) is 33.7 Å². The smallest absolute Gasteiger partial charge is 0.339 e. The number of methoxy groups -OCH3 is 1. The number of ether oxygens (including phenoxy) is 1. The van der Waals surface area contributed by atoms with E-state index < -0.39 is 5.97 Å². The lowest BCUT2D eigenvalue weighted by Crippen LogP contribution is -2.24. The van der Waals surface area contributed by atoms with E-state index in [1.54, 1.807) is 36.4 Å². The molecule has 2 aromatic heterocycles. The van der Waals surface area contributed by atoms with Crippen molar-refractivity contribution in [3.63, 3.8) is 0 Å². The first-order chi connectivity index (χ1) is 15.0. The number of thioether (sulfide) groups is 1. The average Bonchev–Trinajstić information content (AvgIpc) is 3.45. The molecule has 0 aliphatic carbocycles. The Kier molecular flexibility index (Phi) is 7.44. The summed E-state index contributed by atoms with van der Waals surface area (Å²) in [6, 6.07) is 9.80. The number of amides is 2. The third-order valence-corrected chi connectivity index (χ3v) is 5.17. The maximum absolute atomic E-state index is 12.4. The topological polar surface area (TPSA) is 128 Å². The van der Waals surface area contributed by atoms with E-state index in [0.717, 1.165) is 0 Å². The third-order valence-electron chi connectivity index (χ3n) is 4.20. The summed E-state index contributed by atoms with van der Waals surface area (Å²) in [5.74, 6) is -0.363. The molecule has 0 saturated heterocycles. The summed E-state index contributed by atoms with van der Waals surface area (Å²) >= 11 is 1.20. The Bertz CT molecular complexity index is 1060. The van der Waals surface area contributed by atoms with Gasteiger partial charge in [-0.25, -0.2) is 4.79 Å². The van der Waals surface area contributed by atoms with E-state index >= 15 is 0 Å². The van der Waals surface area contributed by atoms with Crippen LogP contribution in [0.2, 0.25) is 0 Å². The van der Waals surface area contributed by atoms with Crippen LogP contribution in [0.15, 0.2) is 52.2 Å². The normalized spacial score (nSPS) is 10.5. The number of carbonyl (C=O) groups is 3. The first-order valence-corrected chi connectivity index (χ1v) is 10.4. The van der Waals surface area contributed by atoms with Gasteiger partial charge in [0, 0.05) is 6.54 Å². The van der Waals surface area contributed by atoms with Crippen molar-refractivity contribution in [3.8, 4) is 0 Å². The Morgan fingerprint density at radius 1 is 1.16 bits per heavy atom. The van der Waals surface area contributed by atoms with Crippen molar-refractivity contribution in [1.29, 1.82) is 0 Å². The molecule has 2 amide bonds. The van der Waals surface area contributed by atoms with Crippen molar-refractivity contribution in [2.75, 3.05) is 18.2 Å². The Balaban J connectivity index is 1.59. The standard InChI is InChI=1S/C20H21N5O5S/c1-3-25-16(11-21-18(27)15-9-6-10-30-15)23-24-20(25)31-12-17(26)22-14-8-5-4-7-13(14)19(28)29-2/h4-10H,3,11-12H2,1-2H3,(H,21,27)(H,22,26). The Hall–Kier alpha value is -3.60. The number of rotatable bonds is 9. The molecule has 10 nitrogen and oxygen atoms in total. The van der Waals surface area contributed by atoms with Gasteiger partial charge in [0.05, 0.1) is 36.9 Å². The first-order valence-electron chi connectivity index (χ1n) is 9.37. The van der Waals surface area contributed by atoms with Crippen LogP contribution in [-0.2, 0) is 22.6 Å². The van der Waals surface area contributed by atoms with Gasteiger partial charge in [-0.15, -0.1) is 10.2 Å². The van der Waals surface area contributed by atoms with Gasteiger partial charge in [-0.3, -0.25) is 9.59 Å². The minimum atomic E-state index is -0.532. The van der Waals surface area contributed by atoms with Crippen LogP contribution < -0.4 is 10.6 Å². The number of para-hydroxylation sites is 1. The molecule has 0 bridgehead atoms. The van der Waals surface area contributed by atoms with E-state index in [0.29, 0.717) is 23.2 Å². The highest BCUT2D eigenvalue weighted by Gasteiger charge is 2.17. The molecule has 0 spiro atoms. The number of furan rings is 1. The lowest BCUT2D eigenvalue weighted by atomic mass is 10.2. The molecule has 0 aliphatic heterocycles. The number of carbonyl (C=O) groups excluding carboxylic acids is 3. The second kappa shape index (κ2) is 10.4. The number of aromatic nitrogens is 3. The molecule has 2 heterocycles. The van der Waals surface area contributed by atoms with E-state index in [1.165, 1.54) is 25.1 Å². The van der Waals surface area contributed by atoms with Gasteiger partial charge in [0.15, 0.2) is 16.7 Å². The van der Waals surface area contributed by atoms with E-state index in [2.05, 4.69) is 20.8 Å². The van der Waals surface area contributed by atoms with Gasteiger partial charge in [0.1, 0.15) is 0 Å². The van der Waals surface area contributed by atoms with Crippen molar-refractivity contribution in [2.24, 2.45) is 0 Å². The summed E-state index contributed by atoms with van der Waals surface area (Å²) < 4.78 is 11.6. The van der Waals surface area contributed by atoms with Crippen LogP contribution in [-0.4, -0.2) is 45.4 Å². The molecule has 0 fully saturated rings. The van der Waals surface area contributed by atoms with Crippen LogP contribution in [0, 0.1) is 0 Å². The molecular formula is C20H21N5O5S. The minimum absolute atomic E-state index is 0.0619. The van der Waals surface area contributed by atoms with Crippen molar-refractivity contribution >= 4 is 35.2 Å². The van der Waals surface area contributed by atoms with Crippen LogP contribution >= 0.6 is 11.8 Å². The second-order valence-corrected chi connectivity index (χ2v) is 7.12. The van der Waals surface area contributed by atoms with Crippen molar-refractivity contribution in [2.45, 2.75) is 25.2 Å². The summed E-state index contributed by atoms with van der Waals surface area (Å²) in [4.78, 5) is 36.2. The molecule has 1 aromatic carbocycles. The summed E-state index contributed by atoms with van der Waals surface area (Å²) in [5.41, 5.74) is 0.646. The third kappa shape index (κ3) is 5.51. The fourth-order valence-corrected chi connectivity index (χ4v) is 3.55. The SMILES string of the molecule is CCn1c(CNC(=O)c2ccco2)nnc1SCC(=O)Nc1ccccc1C(=O)OC. The predicted molar refractivity (Wildman–Crippen MR) is 113 cm³/mol. The van der Waals surface area contributed by atoms with Crippen LogP contribution in [0.3, 0.4) is 0 Å². The number of benzene rings is 1. The number of hydrogen-bond acceptors (Lipinski definition) is 8. The zero-order valence-corrected chi connectivity index (χ0v) is 17.8. The molecule has 2 N–H and O–H groups in total. The maximum Gasteiger partial charge on any atom is 0.339 e. The number of nitrogens with zero attached hydrogens (tertiary/aromatic N) is 3. The Morgan fingerprint density at radius 3 is 2.68 bits per heavy atom. The van der Waals surface area contributed by atoms with Crippen molar-refractivity contribution in [3.05, 3.63) is 59.8 Å². The van der Waals surface area contributed by atoms with Gasteiger partial charge in [0.25, 0.3) is 5.91 Å². The van der Waals surface area contributed by atoms with Crippen LogP contribution in [0.25, 0.3) is 0 Å². The van der Waals surface area contributed by atoms with Crippen molar-refractivity contribution < 1.29 is 23.5 Å². The number of esters is 1. The molecule has 0 atom stereocenters. The lowest BCUT2D eigenvalue weighted by Gasteiger charge is -2.10. The van der Waals surface area contributed by atoms with Crippen LogP contribution in [0.4, 0.5) is 5.69 Å². The molecule has 0 unspecified atom stereocenters. The molecule has 0 aliphatic rings. The van der Waals surface area contributed by atoms with Gasteiger partial charge >= 0.3 is 5.97 Å². The molecule has 3 aromatic rings. The fraction of sp³-hybridized carbons (Fsp3) is 0.250. The van der Waals surface area contributed by atoms with Gasteiger partial charge in [-0.2, -0.15) is 0 Å². The molecule has 0 radical (unpaired) electrons. The first kappa shape index (κ1) is 22.1. The van der Waals surface area contributed by atoms with E-state index in [9.17, 15) is 14.4 Å². The second-order valence-electron chi connectivity index (χ2n) is 6.18. The number of hydrogen-bond donors (Lipinski definition) is 2. The zero-order valence-electron chi connectivity index (χ0n) is 17.0. The molecule has 11 heteroatoms. The number of anilines is 1. The highest BCUT2D eigenvalue weighted by molar-refractivity contribution is 7.99. The molecule has 0 saturated carbocycles. The quantitative estimate of drug-likeness (QED) is 0.381. The number of nitrogens with one attached hydrogen (secondary N) is 2. The van der Waals surface area contributed by atoms with E-state index in [1.807, 2.05) is 11.5 Å². The van der Waals surface area contributed by atoms with Gasteiger partial charge in [0.2, 0.25) is 5.91 Å². The van der Waals surface area contributed by atoms with Crippen molar-refractivity contribution in [1.82, 2.24) is 20.1 Å². The van der Waals surface area contributed by atoms with E-state index in [-0.39, 0.29) is 35.4 Å². The lowest BCUT2D eigenvalue weighted by molar-refractivity contribution is -0.113. The zero-order chi connectivity index (χ0) is 22.2. The maximum atomic E-state index is 12.4. The van der Waals surface area contributed by atoms with E-state index in [4.69, 9.17) is 9.15 Å². The van der Waals surface area contributed by atoms with Gasteiger partial charge < -0.3 is 24.4 Å². The minimum Gasteiger partial charge on any atom is -0.465 e. The predicted octanol–water partition coefficient (Wildman–Crippen LogP) is 2.34. The molecule has 31 heavy (non-hydrogen) atoms. The highest BCUT2D eigenvalue weighted by atomic mass is 32.2. The summed E-state index contributed by atoms with van der Waals surface area (Å²) in [6.45, 7) is 2.64. The van der Waals surface area contributed by atoms with Crippen LogP contribution in [0.5, 0.6) is 0 Å². The summed E-state index contributed by atoms with van der Waals surface area (Å²) in [6.07, 6.45) is 1.42. The fourth-order valence-electron chi connectivity index (χ4n) is 2.72. The molecule has 162 valence electrons. The summed E-state index contributed by atoms with van der Waals surface area (Å²) in [7, 11) is 1.28. The van der Waals surface area contributed by atoms with Gasteiger partial charge in [-0.05, 0) is 31.2 Å².